The van der Waals surface area contributed by atoms with E-state index in [1.165, 1.54) is 60.1 Å². The summed E-state index contributed by atoms with van der Waals surface area (Å²) in [6, 6.07) is 9.25. The summed E-state index contributed by atoms with van der Waals surface area (Å²) in [5, 5.41) is 7.31. The first-order chi connectivity index (χ1) is 24.9. The van der Waals surface area contributed by atoms with Gasteiger partial charge in [-0.15, -0.1) is 0 Å². The number of hydrogen-bond acceptors (Lipinski definition) is 5. The molecule has 2 fully saturated rings. The Kier molecular flexibility index (Phi) is 30.9. The fourth-order valence-electron chi connectivity index (χ4n) is 5.76. The highest BCUT2D eigenvalue weighted by Gasteiger charge is 2.25. The first-order valence-electron chi connectivity index (χ1n) is 20.6. The van der Waals surface area contributed by atoms with Crippen LogP contribution >= 0.6 is 0 Å². The van der Waals surface area contributed by atoms with Gasteiger partial charge in [-0.1, -0.05) is 131 Å². The van der Waals surface area contributed by atoms with Crippen molar-refractivity contribution in [3.63, 3.8) is 0 Å². The molecular weight excluding hydrogens is 637 g/mol. The van der Waals surface area contributed by atoms with Gasteiger partial charge >= 0.3 is 0 Å². The van der Waals surface area contributed by atoms with E-state index in [1.54, 1.807) is 7.11 Å². The first-order valence-corrected chi connectivity index (χ1v) is 20.6. The Balaban J connectivity index is 0. The number of nitrogens with one attached hydrogen (secondary N) is 2. The number of methoxy groups -OCH3 is 1. The van der Waals surface area contributed by atoms with E-state index >= 15 is 0 Å². The highest BCUT2D eigenvalue weighted by atomic mass is 16.5. The van der Waals surface area contributed by atoms with E-state index in [0.29, 0.717) is 17.9 Å². The normalized spacial score (nSPS) is 15.9. The van der Waals surface area contributed by atoms with Crippen LogP contribution in [0.3, 0.4) is 0 Å². The monoisotopic (exact) mass is 721 g/mol. The Morgan fingerprint density at radius 3 is 1.88 bits per heavy atom. The summed E-state index contributed by atoms with van der Waals surface area (Å²) in [4.78, 5) is 7.23. The molecule has 5 nitrogen and oxygen atoms in total. The van der Waals surface area contributed by atoms with Gasteiger partial charge < -0.3 is 20.3 Å². The minimum atomic E-state index is 0.459. The Bertz CT molecular complexity index is 1190. The summed E-state index contributed by atoms with van der Waals surface area (Å²) in [5.74, 6) is 3.05. The fraction of sp³-hybridized carbons (Fsp3) is 0.638. The summed E-state index contributed by atoms with van der Waals surface area (Å²) < 4.78 is 4.80. The molecule has 52 heavy (non-hydrogen) atoms. The lowest BCUT2D eigenvalue weighted by Crippen LogP contribution is -2.33. The molecule has 3 rings (SSSR count). The number of allylic oxidation sites excluding steroid dienone is 6. The van der Waals surface area contributed by atoms with Crippen molar-refractivity contribution in [3.8, 4) is 0 Å². The fourth-order valence-corrected chi connectivity index (χ4v) is 5.76. The highest BCUT2D eigenvalue weighted by molar-refractivity contribution is 5.86. The summed E-state index contributed by atoms with van der Waals surface area (Å²) in [5.41, 5.74) is 8.44. The van der Waals surface area contributed by atoms with Gasteiger partial charge in [0.25, 0.3) is 0 Å². The largest absolute Gasteiger partial charge is 0.391 e. The average molecular weight is 721 g/mol. The van der Waals surface area contributed by atoms with E-state index in [9.17, 15) is 0 Å². The summed E-state index contributed by atoms with van der Waals surface area (Å²) in [6.07, 6.45) is 15.7. The Hall–Kier alpha value is -3.05. The second-order valence-corrected chi connectivity index (χ2v) is 14.3. The van der Waals surface area contributed by atoms with Crippen molar-refractivity contribution in [1.82, 2.24) is 15.5 Å². The van der Waals surface area contributed by atoms with Crippen molar-refractivity contribution in [2.75, 3.05) is 33.9 Å². The van der Waals surface area contributed by atoms with E-state index in [1.807, 2.05) is 40.1 Å². The van der Waals surface area contributed by atoms with Crippen molar-refractivity contribution < 1.29 is 4.74 Å². The molecule has 0 radical (unpaired) electrons. The predicted octanol–water partition coefficient (Wildman–Crippen LogP) is 12.9. The SMILES string of the molecule is C=CN1CCC(\C(NC)=C(C(=C)c2ccc(C)cc2)/C(C)=C/C=N\C(NC2CCCC2)=C(C)CC)CC1.CC.CC.CCC(C)C.COCC(C)C. The maximum atomic E-state index is 4.92. The Morgan fingerprint density at radius 1 is 0.942 bits per heavy atom. The minimum Gasteiger partial charge on any atom is -0.391 e. The number of nitrogens with zero attached hydrogens (tertiary/aromatic N) is 2. The summed E-state index contributed by atoms with van der Waals surface area (Å²) in [7, 11) is 3.77. The van der Waals surface area contributed by atoms with Gasteiger partial charge in [0.2, 0.25) is 0 Å². The number of aliphatic imine (C=N–C) groups is 1. The van der Waals surface area contributed by atoms with Crippen LogP contribution in [-0.4, -0.2) is 51.0 Å². The molecule has 5 heteroatoms. The van der Waals surface area contributed by atoms with Crippen molar-refractivity contribution >= 4 is 11.8 Å². The number of rotatable bonds is 14. The van der Waals surface area contributed by atoms with Crippen LogP contribution in [0.1, 0.15) is 146 Å². The van der Waals surface area contributed by atoms with Gasteiger partial charge in [-0.2, -0.15) is 0 Å². The zero-order valence-corrected chi connectivity index (χ0v) is 36.8. The van der Waals surface area contributed by atoms with Gasteiger partial charge in [0.05, 0.1) is 0 Å². The molecule has 0 aromatic heterocycles. The van der Waals surface area contributed by atoms with Crippen LogP contribution in [0.4, 0.5) is 0 Å². The minimum absolute atomic E-state index is 0.459. The number of hydrogen-bond donors (Lipinski definition) is 2. The molecule has 1 aromatic carbocycles. The topological polar surface area (TPSA) is 48.9 Å². The van der Waals surface area contributed by atoms with Gasteiger partial charge in [0.15, 0.2) is 0 Å². The molecule has 2 N–H and O–H groups in total. The van der Waals surface area contributed by atoms with E-state index in [4.69, 9.17) is 9.73 Å². The third kappa shape index (κ3) is 20.9. The van der Waals surface area contributed by atoms with Crippen LogP contribution < -0.4 is 10.6 Å². The van der Waals surface area contributed by atoms with Gasteiger partial charge in [-0.25, -0.2) is 4.99 Å². The van der Waals surface area contributed by atoms with Crippen LogP contribution in [-0.2, 0) is 4.74 Å². The van der Waals surface area contributed by atoms with Gasteiger partial charge in [0, 0.05) is 63.3 Å². The quantitative estimate of drug-likeness (QED) is 0.148. The highest BCUT2D eigenvalue weighted by Crippen LogP contribution is 2.35. The number of benzene rings is 1. The summed E-state index contributed by atoms with van der Waals surface area (Å²) >= 11 is 0. The molecule has 1 aromatic rings. The van der Waals surface area contributed by atoms with Gasteiger partial charge in [0.1, 0.15) is 5.82 Å². The van der Waals surface area contributed by atoms with Crippen molar-refractivity contribution in [2.24, 2.45) is 22.7 Å². The number of piperidine rings is 1. The van der Waals surface area contributed by atoms with Crippen LogP contribution in [0, 0.1) is 24.7 Å². The smallest absolute Gasteiger partial charge is 0.124 e. The summed E-state index contributed by atoms with van der Waals surface area (Å²) in [6.45, 7) is 39.1. The molecule has 0 bridgehead atoms. The lowest BCUT2D eigenvalue weighted by atomic mass is 9.84. The third-order valence-electron chi connectivity index (χ3n) is 9.31. The molecule has 2 aliphatic rings. The van der Waals surface area contributed by atoms with Crippen LogP contribution in [0.2, 0.25) is 0 Å². The molecule has 1 aliphatic carbocycles. The number of likely N-dealkylation sites (tertiary alicyclic amines) is 1. The molecule has 0 unspecified atom stereocenters. The molecule has 1 saturated carbocycles. The van der Waals surface area contributed by atoms with Crippen molar-refractivity contribution in [3.05, 3.63) is 89.1 Å². The lowest BCUT2D eigenvalue weighted by Gasteiger charge is -2.34. The van der Waals surface area contributed by atoms with E-state index in [2.05, 4.69) is 128 Å². The van der Waals surface area contributed by atoms with Gasteiger partial charge in [-0.3, -0.25) is 0 Å². The van der Waals surface area contributed by atoms with Gasteiger partial charge in [-0.05, 0) is 99.3 Å². The van der Waals surface area contributed by atoms with Crippen molar-refractivity contribution in [2.45, 2.75) is 147 Å². The lowest BCUT2D eigenvalue weighted by molar-refractivity contribution is 0.167. The average Bonchev–Trinajstić information content (AvgIpc) is 3.68. The number of aryl methyl sites for hydroxylation is 1. The molecule has 1 saturated heterocycles. The third-order valence-corrected chi connectivity index (χ3v) is 9.31. The van der Waals surface area contributed by atoms with E-state index < -0.39 is 0 Å². The molecule has 1 heterocycles. The van der Waals surface area contributed by atoms with E-state index in [-0.39, 0.29) is 0 Å². The Labute approximate surface area is 324 Å². The molecule has 0 amide bonds. The van der Waals surface area contributed by atoms with E-state index in [0.717, 1.165) is 61.8 Å². The van der Waals surface area contributed by atoms with Crippen LogP contribution in [0.5, 0.6) is 0 Å². The maximum Gasteiger partial charge on any atom is 0.124 e. The Morgan fingerprint density at radius 2 is 1.48 bits per heavy atom. The van der Waals surface area contributed by atoms with Crippen molar-refractivity contribution in [1.29, 1.82) is 0 Å². The predicted molar refractivity (Wildman–Crippen MR) is 236 cm³/mol. The molecule has 0 spiro atoms. The maximum absolute atomic E-state index is 4.92. The molecular formula is C47H84N4O. The number of ether oxygens (including phenoxy) is 1. The second kappa shape index (κ2) is 31.5. The first kappa shape index (κ1) is 51.1. The second-order valence-electron chi connectivity index (χ2n) is 14.3. The van der Waals surface area contributed by atoms with Crippen LogP contribution in [0.25, 0.3) is 5.57 Å². The zero-order valence-electron chi connectivity index (χ0n) is 36.8. The van der Waals surface area contributed by atoms with Crippen LogP contribution in [0.15, 0.2) is 82.9 Å². The molecule has 0 atom stereocenters. The molecule has 298 valence electrons. The standard InChI is InChI=1S/C33H48N4.C5H12O.C5H12.2C2H6/c1-8-25(4)33(36-30-12-10-11-13-30)35-21-18-26(5)31(27(6)28-16-14-24(3)15-17-28)32(34-7)29-19-22-37(9-2)23-20-29;1-5(2)4-6-3;1-4-5(2)3;2*1-2/h9,14-18,21,29-30,34,36H,2,6,8,10-13,19-20,22-23H2,1,3-5,7H3;5H,4H2,1-3H3;5H,4H2,1-3H3;2*1-2H3/b26-18+,32-31-,33-25?,35-21-;;;;. The molecule has 1 aliphatic heterocycles. The zero-order chi connectivity index (χ0) is 40.1.